The molecule has 3 fully saturated rings. The number of ether oxygens (including phenoxy) is 4. The normalized spacial score (nSPS) is 52.0. The number of rotatable bonds is 1. The largest absolute Gasteiger partial charge is 0.467 e. The quantitative estimate of drug-likeness (QED) is 0.469. The van der Waals surface area contributed by atoms with Crippen LogP contribution in [0.1, 0.15) is 13.8 Å². The van der Waals surface area contributed by atoms with Crippen molar-refractivity contribution >= 4 is 5.97 Å². The van der Waals surface area contributed by atoms with Gasteiger partial charge >= 0.3 is 5.97 Å². The maximum atomic E-state index is 11.7. The fraction of sp³-hybridized carbons (Fsp3) is 0.900. The van der Waals surface area contributed by atoms with Crippen molar-refractivity contribution in [1.29, 1.82) is 0 Å². The Kier molecular flexibility index (Phi) is 1.80. The minimum absolute atomic E-state index is 0.509. The Bertz CT molecular complexity index is 353. The molecule has 1 aliphatic carbocycles. The highest BCUT2D eigenvalue weighted by molar-refractivity contribution is 5.86. The van der Waals surface area contributed by atoms with Crippen molar-refractivity contribution in [2.75, 3.05) is 7.11 Å². The van der Waals surface area contributed by atoms with Crippen LogP contribution in [0.25, 0.3) is 0 Å². The molecule has 3 rings (SSSR count). The number of aliphatic hydroxyl groups excluding tert-OH is 1. The van der Waals surface area contributed by atoms with Gasteiger partial charge in [-0.25, -0.2) is 4.79 Å². The van der Waals surface area contributed by atoms with Crippen LogP contribution in [0.2, 0.25) is 0 Å². The Labute approximate surface area is 92.4 Å². The zero-order valence-electron chi connectivity index (χ0n) is 9.30. The molecule has 1 saturated carbocycles. The van der Waals surface area contributed by atoms with E-state index in [9.17, 15) is 9.90 Å². The summed E-state index contributed by atoms with van der Waals surface area (Å²) in [7, 11) is 1.29. The zero-order chi connectivity index (χ0) is 11.7. The Morgan fingerprint density at radius 2 is 1.94 bits per heavy atom. The lowest BCUT2D eigenvalue weighted by Gasteiger charge is -2.19. The van der Waals surface area contributed by atoms with Crippen LogP contribution in [0.15, 0.2) is 0 Å². The molecular weight excluding hydrogens is 216 g/mol. The second-order valence-corrected chi connectivity index (χ2v) is 4.83. The Morgan fingerprint density at radius 3 is 2.56 bits per heavy atom. The molecule has 0 aromatic heterocycles. The second-order valence-electron chi connectivity index (χ2n) is 4.83. The first-order valence-corrected chi connectivity index (χ1v) is 5.22. The van der Waals surface area contributed by atoms with E-state index in [4.69, 9.17) is 18.9 Å². The standard InChI is InChI=1S/C10H14O6/c1-9(2)14-5-4(11)6-10(16-6,7(5)15-9)8(12)13-3/h4-7,11H,1-3H3/t4-,5-,6-,7-,10-/m0/s1. The highest BCUT2D eigenvalue weighted by Gasteiger charge is 2.82. The van der Waals surface area contributed by atoms with Crippen molar-refractivity contribution in [1.82, 2.24) is 0 Å². The molecule has 0 unspecified atom stereocenters. The van der Waals surface area contributed by atoms with Gasteiger partial charge in [-0.05, 0) is 13.8 Å². The molecule has 2 heterocycles. The second kappa shape index (κ2) is 2.76. The molecule has 0 bridgehead atoms. The Balaban J connectivity index is 1.93. The van der Waals surface area contributed by atoms with Crippen molar-refractivity contribution in [3.05, 3.63) is 0 Å². The van der Waals surface area contributed by atoms with Crippen molar-refractivity contribution in [2.24, 2.45) is 0 Å². The van der Waals surface area contributed by atoms with Gasteiger partial charge in [0.1, 0.15) is 24.4 Å². The van der Waals surface area contributed by atoms with E-state index in [2.05, 4.69) is 0 Å². The molecule has 3 aliphatic rings. The number of hydrogen-bond donors (Lipinski definition) is 1. The molecule has 0 amide bonds. The molecule has 90 valence electrons. The van der Waals surface area contributed by atoms with E-state index in [0.29, 0.717) is 0 Å². The van der Waals surface area contributed by atoms with E-state index in [1.54, 1.807) is 13.8 Å². The maximum Gasteiger partial charge on any atom is 0.343 e. The van der Waals surface area contributed by atoms with E-state index >= 15 is 0 Å². The highest BCUT2D eigenvalue weighted by Crippen LogP contribution is 2.57. The molecule has 5 atom stereocenters. The number of hydrogen-bond acceptors (Lipinski definition) is 6. The van der Waals surface area contributed by atoms with Crippen LogP contribution in [-0.2, 0) is 23.7 Å². The van der Waals surface area contributed by atoms with Crippen molar-refractivity contribution < 1.29 is 28.8 Å². The molecule has 2 aliphatic heterocycles. The third-order valence-corrected chi connectivity index (χ3v) is 3.39. The molecule has 2 saturated heterocycles. The zero-order valence-corrected chi connectivity index (χ0v) is 9.30. The van der Waals surface area contributed by atoms with Gasteiger partial charge in [0.15, 0.2) is 5.79 Å². The lowest BCUT2D eigenvalue weighted by atomic mass is 10.1. The lowest BCUT2D eigenvalue weighted by Crippen LogP contribution is -2.42. The number of fused-ring (bicyclic) bond motifs is 3. The van der Waals surface area contributed by atoms with E-state index in [1.807, 2.05) is 0 Å². The third-order valence-electron chi connectivity index (χ3n) is 3.39. The molecule has 0 spiro atoms. The molecule has 1 N–H and O–H groups in total. The summed E-state index contributed by atoms with van der Waals surface area (Å²) in [6.07, 6.45) is -2.51. The van der Waals surface area contributed by atoms with Gasteiger partial charge in [-0.15, -0.1) is 0 Å². The van der Waals surface area contributed by atoms with E-state index in [0.717, 1.165) is 0 Å². The maximum absolute atomic E-state index is 11.7. The van der Waals surface area contributed by atoms with Gasteiger partial charge in [0, 0.05) is 0 Å². The number of esters is 1. The summed E-state index contributed by atoms with van der Waals surface area (Å²) in [4.78, 5) is 11.7. The molecule has 0 radical (unpaired) electrons. The lowest BCUT2D eigenvalue weighted by molar-refractivity contribution is -0.169. The topological polar surface area (TPSA) is 77.5 Å². The summed E-state index contributed by atoms with van der Waals surface area (Å²) in [5.74, 6) is -1.32. The van der Waals surface area contributed by atoms with Gasteiger partial charge in [0.2, 0.25) is 5.60 Å². The predicted molar refractivity (Wildman–Crippen MR) is 49.5 cm³/mol. The third kappa shape index (κ3) is 1.03. The van der Waals surface area contributed by atoms with Crippen molar-refractivity contribution in [3.63, 3.8) is 0 Å². The van der Waals surface area contributed by atoms with Gasteiger partial charge in [-0.3, -0.25) is 0 Å². The number of carbonyl (C=O) groups is 1. The van der Waals surface area contributed by atoms with Gasteiger partial charge in [0.25, 0.3) is 0 Å². The average molecular weight is 230 g/mol. The molecule has 6 nitrogen and oxygen atoms in total. The van der Waals surface area contributed by atoms with Gasteiger partial charge in [0.05, 0.1) is 7.11 Å². The average Bonchev–Trinajstić information content (AvgIpc) is 2.83. The number of carbonyl (C=O) groups excluding carboxylic acids is 1. The van der Waals surface area contributed by atoms with Crippen LogP contribution < -0.4 is 0 Å². The van der Waals surface area contributed by atoms with Gasteiger partial charge in [-0.1, -0.05) is 0 Å². The fourth-order valence-corrected chi connectivity index (χ4v) is 2.71. The predicted octanol–water partition coefficient (Wildman–Crippen LogP) is -0.808. The highest BCUT2D eigenvalue weighted by atomic mass is 16.8. The van der Waals surface area contributed by atoms with Gasteiger partial charge in [-0.2, -0.15) is 0 Å². The van der Waals surface area contributed by atoms with Crippen LogP contribution in [0.5, 0.6) is 0 Å². The van der Waals surface area contributed by atoms with Crippen LogP contribution >= 0.6 is 0 Å². The first kappa shape index (κ1) is 10.5. The summed E-state index contributed by atoms with van der Waals surface area (Å²) in [6, 6.07) is 0. The van der Waals surface area contributed by atoms with Crippen LogP contribution in [-0.4, -0.2) is 54.0 Å². The minimum Gasteiger partial charge on any atom is -0.467 e. The molecular formula is C10H14O6. The first-order chi connectivity index (χ1) is 7.42. The number of aliphatic hydroxyl groups is 1. The molecule has 0 aromatic rings. The van der Waals surface area contributed by atoms with Crippen LogP contribution in [0.3, 0.4) is 0 Å². The van der Waals surface area contributed by atoms with E-state index in [1.165, 1.54) is 7.11 Å². The Hall–Kier alpha value is -0.690. The van der Waals surface area contributed by atoms with Gasteiger partial charge < -0.3 is 24.1 Å². The molecule has 16 heavy (non-hydrogen) atoms. The summed E-state index contributed by atoms with van der Waals surface area (Å²) in [6.45, 7) is 3.47. The molecule has 0 aromatic carbocycles. The monoisotopic (exact) mass is 230 g/mol. The summed E-state index contributed by atoms with van der Waals surface area (Å²) in [5, 5.41) is 9.91. The fourth-order valence-electron chi connectivity index (χ4n) is 2.71. The number of epoxide rings is 1. The summed E-state index contributed by atoms with van der Waals surface area (Å²) >= 11 is 0. The minimum atomic E-state index is -1.16. The van der Waals surface area contributed by atoms with Crippen molar-refractivity contribution in [3.8, 4) is 0 Å². The van der Waals surface area contributed by atoms with Crippen LogP contribution in [0, 0.1) is 0 Å². The number of methoxy groups -OCH3 is 1. The summed E-state index contributed by atoms with van der Waals surface area (Å²) < 4.78 is 21.1. The van der Waals surface area contributed by atoms with Crippen LogP contribution in [0.4, 0.5) is 0 Å². The Morgan fingerprint density at radius 1 is 1.25 bits per heavy atom. The summed E-state index contributed by atoms with van der Waals surface area (Å²) in [5.41, 5.74) is -1.16. The van der Waals surface area contributed by atoms with E-state index < -0.39 is 41.8 Å². The first-order valence-electron chi connectivity index (χ1n) is 5.22. The SMILES string of the molecule is COC(=O)[C@]12O[C@H]1[C@@H](O)[C@@H]1OC(C)(C)O[C@@H]12. The van der Waals surface area contributed by atoms with E-state index in [-0.39, 0.29) is 0 Å². The van der Waals surface area contributed by atoms with Crippen molar-refractivity contribution in [2.45, 2.75) is 49.7 Å². The smallest absolute Gasteiger partial charge is 0.343 e. The molecule has 6 heteroatoms.